The van der Waals surface area contributed by atoms with Crippen LogP contribution in [0.2, 0.25) is 0 Å². The van der Waals surface area contributed by atoms with Crippen LogP contribution >= 0.6 is 11.8 Å². The first-order chi connectivity index (χ1) is 19.3. The smallest absolute Gasteiger partial charge is 0.264 e. The third-order valence-electron chi connectivity index (χ3n) is 5.87. The number of anilines is 1. The number of hydrogen-bond donors (Lipinski definition) is 2. The van der Waals surface area contributed by atoms with E-state index in [0.29, 0.717) is 22.6 Å². The predicted octanol–water partition coefficient (Wildman–Crippen LogP) is 4.83. The molecule has 0 aliphatic carbocycles. The molecular weight excluding hydrogens is 546 g/mol. The summed E-state index contributed by atoms with van der Waals surface area (Å²) in [5.74, 6) is -1.17. The molecule has 0 bridgehead atoms. The lowest BCUT2D eigenvalue weighted by Gasteiger charge is -2.11. The van der Waals surface area contributed by atoms with Gasteiger partial charge < -0.3 is 5.32 Å². The molecule has 2 N–H and O–H groups in total. The summed E-state index contributed by atoms with van der Waals surface area (Å²) in [6.45, 7) is 0.831. The fraction of sp³-hybridized carbons (Fsp3) is 0.133. The molecule has 0 spiro atoms. The number of aryl methyl sites for hydroxylation is 1. The molecular formula is C30H28N3O5S2+. The number of amides is 2. The molecule has 2 amide bonds. The molecule has 0 fully saturated rings. The van der Waals surface area contributed by atoms with Crippen molar-refractivity contribution in [2.24, 2.45) is 0 Å². The first-order valence-corrected chi connectivity index (χ1v) is 14.9. The van der Waals surface area contributed by atoms with E-state index in [1.807, 2.05) is 35.3 Å². The van der Waals surface area contributed by atoms with Gasteiger partial charge in [0.25, 0.3) is 21.8 Å². The van der Waals surface area contributed by atoms with Crippen LogP contribution in [-0.2, 0) is 21.4 Å². The molecule has 40 heavy (non-hydrogen) atoms. The lowest BCUT2D eigenvalue weighted by molar-refractivity contribution is -0.697. The molecule has 204 valence electrons. The number of carbonyl (C=O) groups is 3. The van der Waals surface area contributed by atoms with Crippen molar-refractivity contribution in [2.45, 2.75) is 35.6 Å². The molecule has 0 aliphatic heterocycles. The first-order valence-electron chi connectivity index (χ1n) is 12.6. The van der Waals surface area contributed by atoms with Crippen molar-refractivity contribution in [3.05, 3.63) is 121 Å². The molecule has 4 aromatic rings. The summed E-state index contributed by atoms with van der Waals surface area (Å²) < 4.78 is 29.4. The summed E-state index contributed by atoms with van der Waals surface area (Å²) in [5, 5.41) is 2.72. The highest BCUT2D eigenvalue weighted by Gasteiger charge is 2.19. The van der Waals surface area contributed by atoms with E-state index in [-0.39, 0.29) is 15.6 Å². The standard InChI is InChI=1S/C30H27N3O5S2/c34-28(15-7-10-22-33-20-8-2-9-21-33)39-27-14-6-5-13-26(27)30(36)31-24-16-18-25(19-17-24)40(37,38)32-29(35)23-11-3-1-4-12-23/h1-6,8-9,11-14,16-21H,7,10,15,22H2,(H-,31,32,35,36)/p+1. The summed E-state index contributed by atoms with van der Waals surface area (Å²) in [6, 6.07) is 26.2. The van der Waals surface area contributed by atoms with Crippen LogP contribution in [0.15, 0.2) is 119 Å². The number of rotatable bonds is 11. The van der Waals surface area contributed by atoms with Gasteiger partial charge in [0.15, 0.2) is 17.5 Å². The summed E-state index contributed by atoms with van der Waals surface area (Å²) >= 11 is 1.04. The normalized spacial score (nSPS) is 11.0. The van der Waals surface area contributed by atoms with Gasteiger partial charge in [-0.25, -0.2) is 17.7 Å². The van der Waals surface area contributed by atoms with Crippen LogP contribution in [0.1, 0.15) is 40.0 Å². The largest absolute Gasteiger partial charge is 0.322 e. The molecule has 8 nitrogen and oxygen atoms in total. The summed E-state index contributed by atoms with van der Waals surface area (Å²) in [4.78, 5) is 38.3. The molecule has 1 aromatic heterocycles. The molecule has 0 atom stereocenters. The predicted molar refractivity (Wildman–Crippen MR) is 153 cm³/mol. The van der Waals surface area contributed by atoms with E-state index in [1.165, 1.54) is 36.4 Å². The van der Waals surface area contributed by atoms with Crippen LogP contribution in [0, 0.1) is 0 Å². The van der Waals surface area contributed by atoms with Crippen molar-refractivity contribution in [1.29, 1.82) is 0 Å². The van der Waals surface area contributed by atoms with Gasteiger partial charge in [-0.15, -0.1) is 0 Å². The van der Waals surface area contributed by atoms with Gasteiger partial charge in [0.1, 0.15) is 6.54 Å². The maximum absolute atomic E-state index is 13.0. The third-order valence-corrected chi connectivity index (χ3v) is 8.22. The Bertz CT molecular complexity index is 1580. The first kappa shape index (κ1) is 28.7. The topological polar surface area (TPSA) is 113 Å². The zero-order chi connectivity index (χ0) is 28.4. The quantitative estimate of drug-likeness (QED) is 0.151. The zero-order valence-electron chi connectivity index (χ0n) is 21.5. The third kappa shape index (κ3) is 8.11. The highest BCUT2D eigenvalue weighted by molar-refractivity contribution is 8.13. The average molecular weight is 575 g/mol. The number of thioether (sulfide) groups is 1. The number of hydrogen-bond acceptors (Lipinski definition) is 6. The van der Waals surface area contributed by atoms with Gasteiger partial charge >= 0.3 is 0 Å². The van der Waals surface area contributed by atoms with E-state index >= 15 is 0 Å². The second kappa shape index (κ2) is 13.7. The minimum Gasteiger partial charge on any atom is -0.322 e. The Kier molecular flexibility index (Phi) is 9.82. The van der Waals surface area contributed by atoms with Crippen LogP contribution in [0.3, 0.4) is 0 Å². The average Bonchev–Trinajstić information content (AvgIpc) is 2.96. The van der Waals surface area contributed by atoms with Gasteiger partial charge in [-0.05, 0) is 55.0 Å². The Balaban J connectivity index is 1.33. The van der Waals surface area contributed by atoms with Crippen molar-refractivity contribution in [1.82, 2.24) is 4.72 Å². The second-order valence-electron chi connectivity index (χ2n) is 8.82. The van der Waals surface area contributed by atoms with Gasteiger partial charge in [0.2, 0.25) is 0 Å². The van der Waals surface area contributed by atoms with E-state index in [0.717, 1.165) is 31.1 Å². The lowest BCUT2D eigenvalue weighted by Crippen LogP contribution is -2.32. The number of unbranched alkanes of at least 4 members (excludes halogenated alkanes) is 1. The van der Waals surface area contributed by atoms with Crippen molar-refractivity contribution >= 4 is 44.4 Å². The Hall–Kier alpha value is -4.28. The molecule has 0 saturated carbocycles. The number of nitrogens with one attached hydrogen (secondary N) is 2. The Morgan fingerprint density at radius 2 is 1.38 bits per heavy atom. The van der Waals surface area contributed by atoms with Crippen molar-refractivity contribution < 1.29 is 27.4 Å². The molecule has 0 unspecified atom stereocenters. The fourth-order valence-electron chi connectivity index (χ4n) is 3.81. The van der Waals surface area contributed by atoms with Crippen LogP contribution in [0.5, 0.6) is 0 Å². The number of pyridine rings is 1. The van der Waals surface area contributed by atoms with Gasteiger partial charge in [-0.2, -0.15) is 0 Å². The highest BCUT2D eigenvalue weighted by atomic mass is 32.2. The molecule has 1 heterocycles. The van der Waals surface area contributed by atoms with Crippen LogP contribution in [-0.4, -0.2) is 25.3 Å². The molecule has 0 saturated heterocycles. The summed E-state index contributed by atoms with van der Waals surface area (Å²) in [6.07, 6.45) is 5.97. The summed E-state index contributed by atoms with van der Waals surface area (Å²) in [5.41, 5.74) is 0.923. The summed E-state index contributed by atoms with van der Waals surface area (Å²) in [7, 11) is -4.11. The minimum absolute atomic E-state index is 0.0228. The number of carbonyl (C=O) groups excluding carboxylic acids is 3. The van der Waals surface area contributed by atoms with E-state index in [9.17, 15) is 22.8 Å². The van der Waals surface area contributed by atoms with Gasteiger partial charge in [0.05, 0.1) is 10.5 Å². The van der Waals surface area contributed by atoms with Gasteiger partial charge in [0, 0.05) is 41.1 Å². The molecule has 0 aliphatic rings. The Labute approximate surface area is 237 Å². The van der Waals surface area contributed by atoms with Crippen LogP contribution < -0.4 is 14.6 Å². The zero-order valence-corrected chi connectivity index (χ0v) is 23.2. The number of benzene rings is 3. The Morgan fingerprint density at radius 3 is 2.10 bits per heavy atom. The van der Waals surface area contributed by atoms with Crippen molar-refractivity contribution in [3.63, 3.8) is 0 Å². The number of aromatic nitrogens is 1. The van der Waals surface area contributed by atoms with Crippen molar-refractivity contribution in [3.8, 4) is 0 Å². The van der Waals surface area contributed by atoms with E-state index in [4.69, 9.17) is 0 Å². The van der Waals surface area contributed by atoms with E-state index in [2.05, 4.69) is 9.88 Å². The Morgan fingerprint density at radius 1 is 0.725 bits per heavy atom. The number of nitrogens with zero attached hydrogens (tertiary/aromatic N) is 1. The lowest BCUT2D eigenvalue weighted by atomic mass is 10.2. The van der Waals surface area contributed by atoms with Crippen molar-refractivity contribution in [2.75, 3.05) is 5.32 Å². The van der Waals surface area contributed by atoms with Crippen LogP contribution in [0.25, 0.3) is 0 Å². The molecule has 10 heteroatoms. The SMILES string of the molecule is O=C(CCCC[n+]1ccccc1)Sc1ccccc1C(=O)Nc1ccc(S(=O)(=O)NC(=O)c2ccccc2)cc1. The fourth-order valence-corrected chi connectivity index (χ4v) is 5.69. The maximum atomic E-state index is 13.0. The van der Waals surface area contributed by atoms with Crippen LogP contribution in [0.4, 0.5) is 5.69 Å². The number of sulfonamides is 1. The molecule has 3 aromatic carbocycles. The maximum Gasteiger partial charge on any atom is 0.264 e. The molecule has 4 rings (SSSR count). The second-order valence-corrected chi connectivity index (χ2v) is 11.6. The minimum atomic E-state index is -4.11. The van der Waals surface area contributed by atoms with E-state index in [1.54, 1.807) is 42.5 Å². The molecule has 0 radical (unpaired) electrons. The van der Waals surface area contributed by atoms with Gasteiger partial charge in [-0.1, -0.05) is 48.2 Å². The monoisotopic (exact) mass is 574 g/mol. The van der Waals surface area contributed by atoms with E-state index < -0.39 is 21.8 Å². The highest BCUT2D eigenvalue weighted by Crippen LogP contribution is 2.26. The van der Waals surface area contributed by atoms with Gasteiger partial charge in [-0.3, -0.25) is 14.4 Å².